The van der Waals surface area contributed by atoms with Crippen molar-refractivity contribution in [1.29, 1.82) is 0 Å². The first-order valence-corrected chi connectivity index (χ1v) is 6.38. The van der Waals surface area contributed by atoms with Crippen LogP contribution in [0.5, 0.6) is 0 Å². The Morgan fingerprint density at radius 2 is 1.79 bits per heavy atom. The Kier molecular flexibility index (Phi) is 4.16. The number of nitrogens with one attached hydrogen (secondary N) is 2. The van der Waals surface area contributed by atoms with E-state index in [2.05, 4.69) is 41.6 Å². The molecule has 0 aliphatic carbocycles. The second-order valence-corrected chi connectivity index (χ2v) is 5.44. The van der Waals surface area contributed by atoms with Crippen LogP contribution in [0.25, 0.3) is 0 Å². The Balaban J connectivity index is 1.84. The molecular weight excluding hydrogens is 240 g/mol. The van der Waals surface area contributed by atoms with Crippen molar-refractivity contribution in [3.63, 3.8) is 0 Å². The van der Waals surface area contributed by atoms with Gasteiger partial charge in [-0.15, -0.1) is 5.10 Å². The Morgan fingerprint density at radius 1 is 1.05 bits per heavy atom. The zero-order chi connectivity index (χ0) is 13.7. The zero-order valence-electron chi connectivity index (χ0n) is 11.6. The smallest absolute Gasteiger partial charge is 0.315 e. The van der Waals surface area contributed by atoms with E-state index in [-0.39, 0.29) is 5.54 Å². The fourth-order valence-electron chi connectivity index (χ4n) is 1.51. The third-order valence-corrected chi connectivity index (χ3v) is 2.52. The molecule has 1 aromatic carbocycles. The summed E-state index contributed by atoms with van der Waals surface area (Å²) >= 11 is 0. The van der Waals surface area contributed by atoms with Gasteiger partial charge in [0.15, 0.2) is 0 Å². The maximum Gasteiger partial charge on any atom is 0.315 e. The molecule has 0 unspecified atom stereocenters. The SMILES string of the molecule is CC(C)(C)NCc1nnc(NCc2ccccc2)o1. The fourth-order valence-corrected chi connectivity index (χ4v) is 1.51. The summed E-state index contributed by atoms with van der Waals surface area (Å²) in [6.45, 7) is 7.53. The van der Waals surface area contributed by atoms with Crippen LogP contribution in [0.1, 0.15) is 32.2 Å². The number of nitrogens with zero attached hydrogens (tertiary/aromatic N) is 2. The van der Waals surface area contributed by atoms with Crippen molar-refractivity contribution in [1.82, 2.24) is 15.5 Å². The number of benzene rings is 1. The number of rotatable bonds is 5. The Labute approximate surface area is 113 Å². The average molecular weight is 260 g/mol. The highest BCUT2D eigenvalue weighted by atomic mass is 16.4. The molecule has 2 aromatic rings. The summed E-state index contributed by atoms with van der Waals surface area (Å²) in [5.74, 6) is 0.588. The maximum absolute atomic E-state index is 5.50. The molecule has 0 atom stereocenters. The lowest BCUT2D eigenvalue weighted by molar-refractivity contribution is 0.383. The molecule has 5 nitrogen and oxygen atoms in total. The molecule has 1 aromatic heterocycles. The minimum Gasteiger partial charge on any atom is -0.407 e. The van der Waals surface area contributed by atoms with Gasteiger partial charge < -0.3 is 15.1 Å². The fraction of sp³-hybridized carbons (Fsp3) is 0.429. The normalized spacial score (nSPS) is 11.5. The minimum absolute atomic E-state index is 0.0338. The van der Waals surface area contributed by atoms with Gasteiger partial charge in [0.2, 0.25) is 5.89 Å². The predicted octanol–water partition coefficient (Wildman–Crippen LogP) is 2.57. The van der Waals surface area contributed by atoms with Crippen molar-refractivity contribution < 1.29 is 4.42 Å². The molecule has 1 heterocycles. The predicted molar refractivity (Wildman–Crippen MR) is 74.7 cm³/mol. The molecule has 0 spiro atoms. The molecule has 102 valence electrons. The summed E-state index contributed by atoms with van der Waals surface area (Å²) in [5, 5.41) is 14.4. The van der Waals surface area contributed by atoms with Crippen LogP contribution in [0.4, 0.5) is 6.01 Å². The summed E-state index contributed by atoms with van der Waals surface area (Å²) in [6.07, 6.45) is 0. The Bertz CT molecular complexity index is 502. The summed E-state index contributed by atoms with van der Waals surface area (Å²) in [7, 11) is 0. The molecule has 0 saturated carbocycles. The van der Waals surface area contributed by atoms with Crippen LogP contribution in [0, 0.1) is 0 Å². The number of aromatic nitrogens is 2. The minimum atomic E-state index is 0.0338. The molecule has 19 heavy (non-hydrogen) atoms. The van der Waals surface area contributed by atoms with E-state index in [0.717, 1.165) is 0 Å². The Morgan fingerprint density at radius 3 is 2.47 bits per heavy atom. The van der Waals surface area contributed by atoms with Gasteiger partial charge in [-0.1, -0.05) is 35.4 Å². The van der Waals surface area contributed by atoms with Gasteiger partial charge in [0.05, 0.1) is 6.54 Å². The van der Waals surface area contributed by atoms with Crippen molar-refractivity contribution in [3.05, 3.63) is 41.8 Å². The first-order chi connectivity index (χ1) is 9.03. The molecule has 0 aliphatic heterocycles. The number of hydrogen-bond acceptors (Lipinski definition) is 5. The molecule has 2 N–H and O–H groups in total. The van der Waals surface area contributed by atoms with E-state index in [0.29, 0.717) is 25.0 Å². The lowest BCUT2D eigenvalue weighted by atomic mass is 10.1. The first-order valence-electron chi connectivity index (χ1n) is 6.38. The van der Waals surface area contributed by atoms with Crippen LogP contribution in [-0.4, -0.2) is 15.7 Å². The van der Waals surface area contributed by atoms with Gasteiger partial charge in [-0.2, -0.15) is 0 Å². The number of anilines is 1. The van der Waals surface area contributed by atoms with Gasteiger partial charge in [0.25, 0.3) is 0 Å². The van der Waals surface area contributed by atoms with E-state index < -0.39 is 0 Å². The lowest BCUT2D eigenvalue weighted by Crippen LogP contribution is -2.35. The van der Waals surface area contributed by atoms with Gasteiger partial charge in [0, 0.05) is 12.1 Å². The highest BCUT2D eigenvalue weighted by molar-refractivity contribution is 5.23. The van der Waals surface area contributed by atoms with Crippen molar-refractivity contribution in [2.45, 2.75) is 39.4 Å². The van der Waals surface area contributed by atoms with E-state index in [1.165, 1.54) is 5.56 Å². The summed E-state index contributed by atoms with van der Waals surface area (Å²) < 4.78 is 5.50. The number of hydrogen-bond donors (Lipinski definition) is 2. The third-order valence-electron chi connectivity index (χ3n) is 2.52. The second-order valence-electron chi connectivity index (χ2n) is 5.44. The highest BCUT2D eigenvalue weighted by Crippen LogP contribution is 2.09. The van der Waals surface area contributed by atoms with E-state index in [1.807, 2.05) is 30.3 Å². The summed E-state index contributed by atoms with van der Waals surface area (Å²) in [4.78, 5) is 0. The maximum atomic E-state index is 5.50. The van der Waals surface area contributed by atoms with Gasteiger partial charge in [-0.05, 0) is 26.3 Å². The Hall–Kier alpha value is -1.88. The van der Waals surface area contributed by atoms with E-state index in [1.54, 1.807) is 0 Å². The molecule has 5 heteroatoms. The van der Waals surface area contributed by atoms with E-state index in [9.17, 15) is 0 Å². The lowest BCUT2D eigenvalue weighted by Gasteiger charge is -2.18. The molecule has 0 aliphatic rings. The van der Waals surface area contributed by atoms with Crippen LogP contribution in [0.3, 0.4) is 0 Å². The third kappa shape index (κ3) is 4.71. The monoisotopic (exact) mass is 260 g/mol. The quantitative estimate of drug-likeness (QED) is 0.865. The molecule has 0 bridgehead atoms. The average Bonchev–Trinajstić information content (AvgIpc) is 2.82. The van der Waals surface area contributed by atoms with Crippen LogP contribution in [0.15, 0.2) is 34.7 Å². The van der Waals surface area contributed by atoms with Crippen molar-refractivity contribution in [2.24, 2.45) is 0 Å². The molecule has 2 rings (SSSR count). The highest BCUT2D eigenvalue weighted by Gasteiger charge is 2.11. The van der Waals surface area contributed by atoms with Gasteiger partial charge in [0.1, 0.15) is 0 Å². The van der Waals surface area contributed by atoms with Crippen LogP contribution in [-0.2, 0) is 13.1 Å². The van der Waals surface area contributed by atoms with Gasteiger partial charge >= 0.3 is 6.01 Å². The van der Waals surface area contributed by atoms with E-state index >= 15 is 0 Å². The van der Waals surface area contributed by atoms with Crippen LogP contribution in [0.2, 0.25) is 0 Å². The molecule has 0 saturated heterocycles. The van der Waals surface area contributed by atoms with Crippen molar-refractivity contribution in [2.75, 3.05) is 5.32 Å². The molecular formula is C14H20N4O. The second kappa shape index (κ2) is 5.84. The molecule has 0 fully saturated rings. The van der Waals surface area contributed by atoms with Gasteiger partial charge in [-0.25, -0.2) is 0 Å². The van der Waals surface area contributed by atoms with Crippen LogP contribution >= 0.6 is 0 Å². The first kappa shape index (κ1) is 13.5. The molecule has 0 radical (unpaired) electrons. The van der Waals surface area contributed by atoms with E-state index in [4.69, 9.17) is 4.42 Å². The van der Waals surface area contributed by atoms with Crippen LogP contribution < -0.4 is 10.6 Å². The van der Waals surface area contributed by atoms with Crippen molar-refractivity contribution in [3.8, 4) is 0 Å². The standard InChI is InChI=1S/C14H20N4O/c1-14(2,3)16-10-12-17-18-13(19-12)15-9-11-7-5-4-6-8-11/h4-8,16H,9-10H2,1-3H3,(H,15,18). The summed E-state index contributed by atoms with van der Waals surface area (Å²) in [5.41, 5.74) is 1.21. The zero-order valence-corrected chi connectivity index (χ0v) is 11.6. The molecule has 0 amide bonds. The largest absolute Gasteiger partial charge is 0.407 e. The topological polar surface area (TPSA) is 63.0 Å². The summed E-state index contributed by atoms with van der Waals surface area (Å²) in [6, 6.07) is 10.5. The van der Waals surface area contributed by atoms with Crippen molar-refractivity contribution >= 4 is 6.01 Å². The van der Waals surface area contributed by atoms with Gasteiger partial charge in [-0.3, -0.25) is 0 Å².